The Morgan fingerprint density at radius 1 is 0.923 bits per heavy atom. The Kier molecular flexibility index (Phi) is 10.8. The highest BCUT2D eigenvalue weighted by atomic mass is 16.1. The molecule has 76 valence electrons. The van der Waals surface area contributed by atoms with E-state index in [4.69, 9.17) is 0 Å². The molecule has 0 heterocycles. The van der Waals surface area contributed by atoms with Crippen LogP contribution in [0.15, 0.2) is 4.99 Å². The van der Waals surface area contributed by atoms with Crippen molar-refractivity contribution in [3.63, 3.8) is 0 Å². The summed E-state index contributed by atoms with van der Waals surface area (Å²) in [5.41, 5.74) is 0. The molecule has 0 unspecified atom stereocenters. The summed E-state index contributed by atoms with van der Waals surface area (Å²) in [5.74, 6) is 0. The summed E-state index contributed by atoms with van der Waals surface area (Å²) in [5, 5.41) is 0. The monoisotopic (exact) mass is 183 g/mol. The molecule has 0 rings (SSSR count). The summed E-state index contributed by atoms with van der Waals surface area (Å²) in [7, 11) is 0. The van der Waals surface area contributed by atoms with Crippen molar-refractivity contribution in [1.29, 1.82) is 0 Å². The Bertz CT molecular complexity index is 139. The van der Waals surface area contributed by atoms with Gasteiger partial charge in [0.05, 0.1) is 6.54 Å². The van der Waals surface area contributed by atoms with Gasteiger partial charge in [0.25, 0.3) is 0 Å². The molecule has 0 amide bonds. The summed E-state index contributed by atoms with van der Waals surface area (Å²) < 4.78 is 0. The molecule has 0 aromatic rings. The van der Waals surface area contributed by atoms with Crippen molar-refractivity contribution in [2.45, 2.75) is 58.3 Å². The van der Waals surface area contributed by atoms with E-state index in [0.29, 0.717) is 6.54 Å². The van der Waals surface area contributed by atoms with E-state index in [1.807, 2.05) is 0 Å². The lowest BCUT2D eigenvalue weighted by atomic mass is 10.1. The van der Waals surface area contributed by atoms with Gasteiger partial charge in [0.2, 0.25) is 6.08 Å². The third-order valence-corrected chi connectivity index (χ3v) is 2.19. The van der Waals surface area contributed by atoms with Gasteiger partial charge in [0.15, 0.2) is 0 Å². The normalized spacial score (nSPS) is 9.62. The summed E-state index contributed by atoms with van der Waals surface area (Å²) >= 11 is 0. The molecular weight excluding hydrogens is 162 g/mol. The van der Waals surface area contributed by atoms with Gasteiger partial charge in [0, 0.05) is 0 Å². The molecule has 0 fully saturated rings. The number of aliphatic imine (C=N–C) groups is 1. The third kappa shape index (κ3) is 11.4. The highest BCUT2D eigenvalue weighted by Gasteiger charge is 1.90. The lowest BCUT2D eigenvalue weighted by molar-refractivity contribution is 0.558. The molecule has 2 heteroatoms. The molecule has 13 heavy (non-hydrogen) atoms. The fourth-order valence-corrected chi connectivity index (χ4v) is 1.37. The Hall–Kier alpha value is -0.620. The van der Waals surface area contributed by atoms with Crippen LogP contribution in [-0.4, -0.2) is 12.6 Å². The maximum absolute atomic E-state index is 9.72. The summed E-state index contributed by atoms with van der Waals surface area (Å²) in [6.07, 6.45) is 11.9. The van der Waals surface area contributed by atoms with Crippen molar-refractivity contribution in [1.82, 2.24) is 0 Å². The van der Waals surface area contributed by atoms with Gasteiger partial charge in [0.1, 0.15) is 0 Å². The molecule has 0 bridgehead atoms. The standard InChI is InChI=1S/C11H21NO/c1-2-3-4-5-6-7-8-9-10-12-11-13/h2-10H2,1H3. The molecule has 0 aromatic heterocycles. The second-order valence-corrected chi connectivity index (χ2v) is 3.45. The van der Waals surface area contributed by atoms with Crippen LogP contribution in [0.25, 0.3) is 0 Å². The first-order valence-electron chi connectivity index (χ1n) is 5.45. The van der Waals surface area contributed by atoms with Gasteiger partial charge >= 0.3 is 0 Å². The number of unbranched alkanes of at least 4 members (excludes halogenated alkanes) is 7. The number of nitrogens with zero attached hydrogens (tertiary/aromatic N) is 1. The average Bonchev–Trinajstić information content (AvgIpc) is 2.16. The van der Waals surface area contributed by atoms with Gasteiger partial charge in [-0.2, -0.15) is 0 Å². The molecule has 0 aliphatic carbocycles. The molecule has 0 aromatic carbocycles. The van der Waals surface area contributed by atoms with Crippen molar-refractivity contribution in [3.8, 4) is 0 Å². The zero-order valence-electron chi connectivity index (χ0n) is 8.72. The van der Waals surface area contributed by atoms with Crippen LogP contribution >= 0.6 is 0 Å². The van der Waals surface area contributed by atoms with Crippen molar-refractivity contribution in [2.24, 2.45) is 4.99 Å². The van der Waals surface area contributed by atoms with E-state index in [0.717, 1.165) is 6.42 Å². The van der Waals surface area contributed by atoms with Crippen molar-refractivity contribution >= 4 is 6.08 Å². The number of rotatable bonds is 9. The maximum atomic E-state index is 9.72. The van der Waals surface area contributed by atoms with Gasteiger partial charge < -0.3 is 0 Å². The van der Waals surface area contributed by atoms with Crippen LogP contribution in [-0.2, 0) is 4.79 Å². The molecular formula is C11H21NO. The zero-order chi connectivity index (χ0) is 9.78. The predicted molar refractivity (Wildman–Crippen MR) is 55.6 cm³/mol. The van der Waals surface area contributed by atoms with Crippen LogP contribution in [0.5, 0.6) is 0 Å². The van der Waals surface area contributed by atoms with Crippen LogP contribution < -0.4 is 0 Å². The Balaban J connectivity index is 2.87. The predicted octanol–water partition coefficient (Wildman–Crippen LogP) is 3.46. The number of hydrogen-bond acceptors (Lipinski definition) is 2. The Labute approximate surface area is 81.4 Å². The fraction of sp³-hybridized carbons (Fsp3) is 0.909. The van der Waals surface area contributed by atoms with Crippen molar-refractivity contribution < 1.29 is 4.79 Å². The van der Waals surface area contributed by atoms with Crippen LogP contribution in [0, 0.1) is 0 Å². The molecule has 0 aliphatic rings. The summed E-state index contributed by atoms with van der Waals surface area (Å²) in [6.45, 7) is 2.90. The van der Waals surface area contributed by atoms with E-state index in [1.54, 1.807) is 6.08 Å². The van der Waals surface area contributed by atoms with Crippen LogP contribution in [0.1, 0.15) is 58.3 Å². The number of hydrogen-bond donors (Lipinski definition) is 0. The Morgan fingerprint density at radius 2 is 1.46 bits per heavy atom. The first-order valence-corrected chi connectivity index (χ1v) is 5.45. The molecule has 2 nitrogen and oxygen atoms in total. The lowest BCUT2D eigenvalue weighted by Gasteiger charge is -1.98. The van der Waals surface area contributed by atoms with E-state index in [-0.39, 0.29) is 0 Å². The second-order valence-electron chi connectivity index (χ2n) is 3.45. The zero-order valence-corrected chi connectivity index (χ0v) is 8.72. The molecule has 0 saturated heterocycles. The summed E-state index contributed by atoms with van der Waals surface area (Å²) in [6, 6.07) is 0. The topological polar surface area (TPSA) is 29.4 Å². The Morgan fingerprint density at radius 3 is 2.00 bits per heavy atom. The van der Waals surface area contributed by atoms with Crippen molar-refractivity contribution in [2.75, 3.05) is 6.54 Å². The van der Waals surface area contributed by atoms with Gasteiger partial charge in [-0.05, 0) is 6.42 Å². The minimum absolute atomic E-state index is 0.665. The van der Waals surface area contributed by atoms with Crippen molar-refractivity contribution in [3.05, 3.63) is 0 Å². The van der Waals surface area contributed by atoms with Crippen LogP contribution in [0.4, 0.5) is 0 Å². The van der Waals surface area contributed by atoms with Gasteiger partial charge in [-0.25, -0.2) is 9.79 Å². The van der Waals surface area contributed by atoms with E-state index in [1.165, 1.54) is 44.9 Å². The molecule has 0 atom stereocenters. The minimum atomic E-state index is 0.665. The quantitative estimate of drug-likeness (QED) is 0.306. The largest absolute Gasteiger partial charge is 0.234 e. The van der Waals surface area contributed by atoms with Gasteiger partial charge in [-0.3, -0.25) is 0 Å². The molecule has 0 saturated carbocycles. The fourth-order valence-electron chi connectivity index (χ4n) is 1.37. The van der Waals surface area contributed by atoms with E-state index < -0.39 is 0 Å². The highest BCUT2D eigenvalue weighted by Crippen LogP contribution is 2.07. The molecule has 0 radical (unpaired) electrons. The van der Waals surface area contributed by atoms with E-state index in [9.17, 15) is 4.79 Å². The average molecular weight is 183 g/mol. The third-order valence-electron chi connectivity index (χ3n) is 2.19. The van der Waals surface area contributed by atoms with Crippen LogP contribution in [0.3, 0.4) is 0 Å². The van der Waals surface area contributed by atoms with E-state index in [2.05, 4.69) is 11.9 Å². The second kappa shape index (κ2) is 11.4. The molecule has 0 spiro atoms. The maximum Gasteiger partial charge on any atom is 0.234 e. The molecule has 0 aliphatic heterocycles. The first kappa shape index (κ1) is 12.4. The molecule has 0 N–H and O–H groups in total. The highest BCUT2D eigenvalue weighted by molar-refractivity contribution is 5.32. The van der Waals surface area contributed by atoms with Crippen LogP contribution in [0.2, 0.25) is 0 Å². The minimum Gasteiger partial charge on any atom is -0.211 e. The van der Waals surface area contributed by atoms with Gasteiger partial charge in [-0.1, -0.05) is 51.9 Å². The SMILES string of the molecule is CCCCCCCCCCN=C=O. The number of carbonyl (C=O) groups excluding carboxylic acids is 1. The van der Waals surface area contributed by atoms with E-state index >= 15 is 0 Å². The first-order chi connectivity index (χ1) is 6.41. The van der Waals surface area contributed by atoms with Gasteiger partial charge in [-0.15, -0.1) is 0 Å². The summed E-state index contributed by atoms with van der Waals surface area (Å²) in [4.78, 5) is 13.2. The number of isocyanates is 1. The lowest BCUT2D eigenvalue weighted by Crippen LogP contribution is -1.83. The smallest absolute Gasteiger partial charge is 0.211 e.